The molecule has 3 nitrogen and oxygen atoms in total. The Morgan fingerprint density at radius 1 is 1.42 bits per heavy atom. The zero-order chi connectivity index (χ0) is 13.7. The van der Waals surface area contributed by atoms with Gasteiger partial charge in [0, 0.05) is 23.1 Å². The molecule has 0 saturated heterocycles. The maximum atomic E-state index is 12.1. The number of hydrogen-bond donors (Lipinski definition) is 2. The topological polar surface area (TPSA) is 49.3 Å². The van der Waals surface area contributed by atoms with E-state index >= 15 is 0 Å². The third-order valence-corrected chi connectivity index (χ3v) is 4.27. The lowest BCUT2D eigenvalue weighted by molar-refractivity contribution is 0.0924. The highest BCUT2D eigenvalue weighted by Gasteiger charge is 2.31. The highest BCUT2D eigenvalue weighted by Crippen LogP contribution is 2.34. The van der Waals surface area contributed by atoms with Crippen molar-refractivity contribution < 1.29 is 9.90 Å². The van der Waals surface area contributed by atoms with Gasteiger partial charge in [-0.25, -0.2) is 0 Å². The molecule has 104 valence electrons. The van der Waals surface area contributed by atoms with E-state index in [9.17, 15) is 4.79 Å². The fourth-order valence-electron chi connectivity index (χ4n) is 2.18. The number of thioether (sulfide) groups is 1. The first-order valence-corrected chi connectivity index (χ1v) is 7.87. The number of rotatable bonds is 7. The van der Waals surface area contributed by atoms with Crippen LogP contribution in [0.2, 0.25) is 0 Å². The standard InChI is InChI=1S/C15H21NO2S/c1-2-19-13-7-5-12(6-8-13)15(18)16-14(9-10-17)11-3-4-11/h5-8,11,14,17H,2-4,9-10H2,1H3,(H,16,18). The first-order valence-electron chi connectivity index (χ1n) is 6.89. The van der Waals surface area contributed by atoms with Crippen molar-refractivity contribution in [2.24, 2.45) is 5.92 Å². The Morgan fingerprint density at radius 2 is 2.11 bits per heavy atom. The van der Waals surface area contributed by atoms with Gasteiger partial charge in [-0.05, 0) is 55.2 Å². The van der Waals surface area contributed by atoms with Crippen LogP contribution < -0.4 is 5.32 Å². The van der Waals surface area contributed by atoms with E-state index in [1.807, 2.05) is 24.3 Å². The average Bonchev–Trinajstić information content (AvgIpc) is 3.24. The Morgan fingerprint density at radius 3 is 2.63 bits per heavy atom. The summed E-state index contributed by atoms with van der Waals surface area (Å²) in [5.41, 5.74) is 0.698. The molecular weight excluding hydrogens is 258 g/mol. The van der Waals surface area contributed by atoms with Crippen molar-refractivity contribution in [1.82, 2.24) is 5.32 Å². The molecule has 1 atom stereocenters. The number of carbonyl (C=O) groups is 1. The van der Waals surface area contributed by atoms with Crippen molar-refractivity contribution >= 4 is 17.7 Å². The van der Waals surface area contributed by atoms with Gasteiger partial charge in [0.05, 0.1) is 0 Å². The summed E-state index contributed by atoms with van der Waals surface area (Å²) in [5, 5.41) is 12.1. The van der Waals surface area contributed by atoms with Crippen molar-refractivity contribution in [3.8, 4) is 0 Å². The molecule has 1 aromatic carbocycles. The third kappa shape index (κ3) is 4.25. The van der Waals surface area contributed by atoms with Gasteiger partial charge in [0.25, 0.3) is 5.91 Å². The molecule has 0 bridgehead atoms. The number of hydrogen-bond acceptors (Lipinski definition) is 3. The Kier molecular flexibility index (Phi) is 5.28. The molecule has 1 aliphatic carbocycles. The van der Waals surface area contributed by atoms with E-state index in [1.165, 1.54) is 4.90 Å². The van der Waals surface area contributed by atoms with E-state index in [0.29, 0.717) is 17.9 Å². The van der Waals surface area contributed by atoms with Gasteiger partial charge in [-0.2, -0.15) is 0 Å². The number of aliphatic hydroxyl groups is 1. The van der Waals surface area contributed by atoms with E-state index in [1.54, 1.807) is 11.8 Å². The van der Waals surface area contributed by atoms with Crippen molar-refractivity contribution in [3.05, 3.63) is 29.8 Å². The largest absolute Gasteiger partial charge is 0.396 e. The van der Waals surface area contributed by atoms with Crippen molar-refractivity contribution in [3.63, 3.8) is 0 Å². The number of benzene rings is 1. The van der Waals surface area contributed by atoms with Crippen LogP contribution in [0.25, 0.3) is 0 Å². The maximum absolute atomic E-state index is 12.1. The van der Waals surface area contributed by atoms with E-state index in [2.05, 4.69) is 12.2 Å². The summed E-state index contributed by atoms with van der Waals surface area (Å²) < 4.78 is 0. The molecule has 19 heavy (non-hydrogen) atoms. The fraction of sp³-hybridized carbons (Fsp3) is 0.533. The van der Waals surface area contributed by atoms with Gasteiger partial charge in [-0.1, -0.05) is 6.92 Å². The van der Waals surface area contributed by atoms with Gasteiger partial charge >= 0.3 is 0 Å². The molecular formula is C15H21NO2S. The van der Waals surface area contributed by atoms with Gasteiger partial charge in [0.2, 0.25) is 0 Å². The Bertz CT molecular complexity index is 415. The van der Waals surface area contributed by atoms with E-state index in [0.717, 1.165) is 18.6 Å². The molecule has 2 N–H and O–H groups in total. The van der Waals surface area contributed by atoms with Gasteiger partial charge in [0.15, 0.2) is 0 Å². The average molecular weight is 279 g/mol. The van der Waals surface area contributed by atoms with E-state index in [-0.39, 0.29) is 18.6 Å². The van der Waals surface area contributed by atoms with Gasteiger partial charge in [-0.15, -0.1) is 11.8 Å². The number of amides is 1. The highest BCUT2D eigenvalue weighted by molar-refractivity contribution is 7.99. The molecule has 0 heterocycles. The monoisotopic (exact) mass is 279 g/mol. The van der Waals surface area contributed by atoms with Gasteiger partial charge < -0.3 is 10.4 Å². The summed E-state index contributed by atoms with van der Waals surface area (Å²) in [7, 11) is 0. The second-order valence-corrected chi connectivity index (χ2v) is 6.22. The molecule has 1 amide bonds. The summed E-state index contributed by atoms with van der Waals surface area (Å²) in [6, 6.07) is 7.84. The molecule has 1 saturated carbocycles. The molecule has 0 radical (unpaired) electrons. The Balaban J connectivity index is 1.94. The summed E-state index contributed by atoms with van der Waals surface area (Å²) >= 11 is 1.77. The SMILES string of the molecule is CCSc1ccc(C(=O)NC(CCO)C2CC2)cc1. The molecule has 1 aliphatic rings. The minimum absolute atomic E-state index is 0.0293. The van der Waals surface area contributed by atoms with Crippen LogP contribution in [-0.4, -0.2) is 29.4 Å². The minimum Gasteiger partial charge on any atom is -0.396 e. The summed E-state index contributed by atoms with van der Waals surface area (Å²) in [6.07, 6.45) is 2.98. The lowest BCUT2D eigenvalue weighted by Gasteiger charge is -2.17. The lowest BCUT2D eigenvalue weighted by Crippen LogP contribution is -2.37. The summed E-state index contributed by atoms with van der Waals surface area (Å²) in [4.78, 5) is 13.3. The van der Waals surface area contributed by atoms with Crippen LogP contribution in [0.1, 0.15) is 36.5 Å². The predicted octanol–water partition coefficient (Wildman–Crippen LogP) is 2.69. The summed E-state index contributed by atoms with van der Waals surface area (Å²) in [6.45, 7) is 2.24. The number of nitrogens with one attached hydrogen (secondary N) is 1. The first-order chi connectivity index (χ1) is 9.24. The second-order valence-electron chi connectivity index (χ2n) is 4.89. The second kappa shape index (κ2) is 6.96. The molecule has 1 aromatic rings. The van der Waals surface area contributed by atoms with E-state index in [4.69, 9.17) is 5.11 Å². The molecule has 2 rings (SSSR count). The molecule has 0 aliphatic heterocycles. The molecule has 1 fully saturated rings. The van der Waals surface area contributed by atoms with Crippen LogP contribution in [0.4, 0.5) is 0 Å². The highest BCUT2D eigenvalue weighted by atomic mass is 32.2. The summed E-state index contributed by atoms with van der Waals surface area (Å²) in [5.74, 6) is 1.57. The molecule has 4 heteroatoms. The minimum atomic E-state index is -0.0293. The van der Waals surface area contributed by atoms with Gasteiger partial charge in [0.1, 0.15) is 0 Å². The lowest BCUT2D eigenvalue weighted by atomic mass is 10.1. The zero-order valence-corrected chi connectivity index (χ0v) is 12.1. The molecule has 0 aromatic heterocycles. The number of aliphatic hydroxyl groups excluding tert-OH is 1. The van der Waals surface area contributed by atoms with Crippen LogP contribution in [0.3, 0.4) is 0 Å². The van der Waals surface area contributed by atoms with Crippen molar-refractivity contribution in [1.29, 1.82) is 0 Å². The first kappa shape index (κ1) is 14.4. The quantitative estimate of drug-likeness (QED) is 0.754. The smallest absolute Gasteiger partial charge is 0.251 e. The fourth-order valence-corrected chi connectivity index (χ4v) is 2.85. The van der Waals surface area contributed by atoms with Crippen LogP contribution >= 0.6 is 11.8 Å². The molecule has 1 unspecified atom stereocenters. The van der Waals surface area contributed by atoms with E-state index < -0.39 is 0 Å². The normalized spacial score (nSPS) is 16.1. The van der Waals surface area contributed by atoms with Gasteiger partial charge in [-0.3, -0.25) is 4.79 Å². The van der Waals surface area contributed by atoms with Crippen LogP contribution in [0, 0.1) is 5.92 Å². The Hall–Kier alpha value is -1.00. The number of carbonyl (C=O) groups excluding carboxylic acids is 1. The maximum Gasteiger partial charge on any atom is 0.251 e. The predicted molar refractivity (Wildman–Crippen MR) is 78.5 cm³/mol. The van der Waals surface area contributed by atoms with Crippen LogP contribution in [0.15, 0.2) is 29.2 Å². The van der Waals surface area contributed by atoms with Crippen molar-refractivity contribution in [2.75, 3.05) is 12.4 Å². The Labute approximate surface area is 118 Å². The van der Waals surface area contributed by atoms with Crippen LogP contribution in [-0.2, 0) is 0 Å². The zero-order valence-electron chi connectivity index (χ0n) is 11.3. The van der Waals surface area contributed by atoms with Crippen molar-refractivity contribution in [2.45, 2.75) is 37.1 Å². The third-order valence-electron chi connectivity index (χ3n) is 3.38. The van der Waals surface area contributed by atoms with Crippen LogP contribution in [0.5, 0.6) is 0 Å². The molecule has 0 spiro atoms.